The second-order valence-corrected chi connectivity index (χ2v) is 5.06. The molecule has 0 saturated carbocycles. The summed E-state index contributed by atoms with van der Waals surface area (Å²) in [5, 5.41) is 0. The lowest BCUT2D eigenvalue weighted by Gasteiger charge is -2.23. The molecule has 0 aromatic heterocycles. The van der Waals surface area contributed by atoms with Gasteiger partial charge in [0.2, 0.25) is 0 Å². The molecule has 1 aromatic carbocycles. The van der Waals surface area contributed by atoms with Crippen molar-refractivity contribution in [2.75, 3.05) is 27.4 Å². The van der Waals surface area contributed by atoms with Gasteiger partial charge in [-0.15, -0.1) is 0 Å². The molecule has 0 aliphatic carbocycles. The van der Waals surface area contributed by atoms with E-state index in [1.54, 1.807) is 14.2 Å². The average molecular weight is 293 g/mol. The molecule has 5 nitrogen and oxygen atoms in total. The Balaban J connectivity index is 2.14. The fourth-order valence-electron chi connectivity index (χ4n) is 2.75. The molecule has 116 valence electrons. The van der Waals surface area contributed by atoms with E-state index in [-0.39, 0.29) is 12.0 Å². The number of nitrogens with zero attached hydrogens (tertiary/aromatic N) is 1. The highest BCUT2D eigenvalue weighted by Crippen LogP contribution is 2.28. The summed E-state index contributed by atoms with van der Waals surface area (Å²) in [4.78, 5) is 14.2. The van der Waals surface area contributed by atoms with Crippen molar-refractivity contribution in [3.8, 4) is 11.5 Å². The van der Waals surface area contributed by atoms with Gasteiger partial charge in [0.25, 0.3) is 0 Å². The Bertz CT molecular complexity index is 489. The van der Waals surface area contributed by atoms with Gasteiger partial charge >= 0.3 is 5.97 Å². The molecule has 1 saturated heterocycles. The van der Waals surface area contributed by atoms with Gasteiger partial charge in [-0.2, -0.15) is 0 Å². The van der Waals surface area contributed by atoms with E-state index in [1.165, 1.54) is 0 Å². The molecule has 0 N–H and O–H groups in total. The number of hydrogen-bond donors (Lipinski definition) is 0. The SMILES string of the molecule is CCOC(=O)C1CCCN1Cc1cc(OC)ccc1OC. The predicted octanol–water partition coefficient (Wildman–Crippen LogP) is 2.23. The lowest BCUT2D eigenvalue weighted by molar-refractivity contribution is -0.148. The summed E-state index contributed by atoms with van der Waals surface area (Å²) in [6.45, 7) is 3.81. The van der Waals surface area contributed by atoms with Gasteiger partial charge in [0.1, 0.15) is 17.5 Å². The maximum absolute atomic E-state index is 12.0. The highest BCUT2D eigenvalue weighted by molar-refractivity contribution is 5.76. The van der Waals surface area contributed by atoms with Crippen molar-refractivity contribution in [1.82, 2.24) is 4.90 Å². The molecule has 0 amide bonds. The van der Waals surface area contributed by atoms with Crippen LogP contribution in [0.15, 0.2) is 18.2 Å². The second-order valence-electron chi connectivity index (χ2n) is 5.06. The number of methoxy groups -OCH3 is 2. The molecular formula is C16H23NO4. The zero-order valence-electron chi connectivity index (χ0n) is 12.9. The molecule has 0 radical (unpaired) electrons. The van der Waals surface area contributed by atoms with Gasteiger partial charge in [0.05, 0.1) is 20.8 Å². The third-order valence-electron chi connectivity index (χ3n) is 3.78. The smallest absolute Gasteiger partial charge is 0.323 e. The third-order valence-corrected chi connectivity index (χ3v) is 3.78. The summed E-state index contributed by atoms with van der Waals surface area (Å²) in [6, 6.07) is 5.57. The van der Waals surface area contributed by atoms with Crippen LogP contribution >= 0.6 is 0 Å². The van der Waals surface area contributed by atoms with Gasteiger partial charge in [0.15, 0.2) is 0 Å². The molecule has 1 aliphatic heterocycles. The van der Waals surface area contributed by atoms with Crippen molar-refractivity contribution in [3.63, 3.8) is 0 Å². The van der Waals surface area contributed by atoms with E-state index < -0.39 is 0 Å². The van der Waals surface area contributed by atoms with Crippen LogP contribution in [0.2, 0.25) is 0 Å². The third kappa shape index (κ3) is 3.67. The van der Waals surface area contributed by atoms with E-state index in [0.29, 0.717) is 13.2 Å². The quantitative estimate of drug-likeness (QED) is 0.753. The average Bonchev–Trinajstić information content (AvgIpc) is 2.95. The Kier molecular flexibility index (Phi) is 5.44. The molecule has 1 aromatic rings. The molecule has 1 fully saturated rings. The summed E-state index contributed by atoms with van der Waals surface area (Å²) in [5.41, 5.74) is 1.02. The zero-order valence-corrected chi connectivity index (χ0v) is 12.9. The van der Waals surface area contributed by atoms with Crippen LogP contribution in [0.5, 0.6) is 11.5 Å². The fourth-order valence-corrected chi connectivity index (χ4v) is 2.75. The molecule has 21 heavy (non-hydrogen) atoms. The topological polar surface area (TPSA) is 48.0 Å². The number of esters is 1. The molecular weight excluding hydrogens is 270 g/mol. The molecule has 0 spiro atoms. The Hall–Kier alpha value is -1.75. The standard InChI is InChI=1S/C16H23NO4/c1-4-21-16(18)14-6-5-9-17(14)11-12-10-13(19-2)7-8-15(12)20-3/h7-8,10,14H,4-6,9,11H2,1-3H3. The number of likely N-dealkylation sites (tertiary alicyclic amines) is 1. The minimum absolute atomic E-state index is 0.128. The summed E-state index contributed by atoms with van der Waals surface area (Å²) in [7, 11) is 3.29. The Morgan fingerprint density at radius 2 is 2.14 bits per heavy atom. The van der Waals surface area contributed by atoms with Crippen LogP contribution < -0.4 is 9.47 Å². The van der Waals surface area contributed by atoms with Crippen LogP contribution in [-0.2, 0) is 16.1 Å². The van der Waals surface area contributed by atoms with Gasteiger partial charge < -0.3 is 14.2 Å². The lowest BCUT2D eigenvalue weighted by atomic mass is 10.1. The summed E-state index contributed by atoms with van der Waals surface area (Å²) in [6.07, 6.45) is 1.86. The van der Waals surface area contributed by atoms with Crippen molar-refractivity contribution in [3.05, 3.63) is 23.8 Å². The van der Waals surface area contributed by atoms with E-state index in [9.17, 15) is 4.79 Å². The zero-order chi connectivity index (χ0) is 15.2. The Labute approximate surface area is 125 Å². The van der Waals surface area contributed by atoms with Gasteiger partial charge in [0, 0.05) is 12.1 Å². The molecule has 1 unspecified atom stereocenters. The Morgan fingerprint density at radius 3 is 2.81 bits per heavy atom. The van der Waals surface area contributed by atoms with E-state index in [0.717, 1.165) is 36.4 Å². The normalized spacial score (nSPS) is 18.5. The molecule has 0 bridgehead atoms. The van der Waals surface area contributed by atoms with Crippen LogP contribution in [0.1, 0.15) is 25.3 Å². The summed E-state index contributed by atoms with van der Waals surface area (Å²) >= 11 is 0. The van der Waals surface area contributed by atoms with Crippen molar-refractivity contribution in [2.45, 2.75) is 32.4 Å². The molecule has 2 rings (SSSR count). The van der Waals surface area contributed by atoms with Crippen LogP contribution in [0.25, 0.3) is 0 Å². The fraction of sp³-hybridized carbons (Fsp3) is 0.562. The Morgan fingerprint density at radius 1 is 1.33 bits per heavy atom. The number of carbonyl (C=O) groups is 1. The first kappa shape index (κ1) is 15.6. The first-order valence-electron chi connectivity index (χ1n) is 7.31. The number of carbonyl (C=O) groups excluding carboxylic acids is 1. The highest BCUT2D eigenvalue weighted by Gasteiger charge is 2.32. The largest absolute Gasteiger partial charge is 0.497 e. The van der Waals surface area contributed by atoms with E-state index in [4.69, 9.17) is 14.2 Å². The van der Waals surface area contributed by atoms with Gasteiger partial charge in [-0.05, 0) is 44.5 Å². The van der Waals surface area contributed by atoms with Crippen molar-refractivity contribution in [2.24, 2.45) is 0 Å². The van der Waals surface area contributed by atoms with Crippen molar-refractivity contribution >= 4 is 5.97 Å². The number of rotatable bonds is 6. The molecule has 1 heterocycles. The highest BCUT2D eigenvalue weighted by atomic mass is 16.5. The minimum atomic E-state index is -0.152. The maximum atomic E-state index is 12.0. The van der Waals surface area contributed by atoms with Crippen LogP contribution in [-0.4, -0.2) is 44.3 Å². The van der Waals surface area contributed by atoms with Crippen LogP contribution in [0.3, 0.4) is 0 Å². The van der Waals surface area contributed by atoms with Gasteiger partial charge in [-0.1, -0.05) is 0 Å². The first-order chi connectivity index (χ1) is 10.2. The number of benzene rings is 1. The van der Waals surface area contributed by atoms with Crippen LogP contribution in [0, 0.1) is 0 Å². The van der Waals surface area contributed by atoms with Crippen LogP contribution in [0.4, 0.5) is 0 Å². The molecule has 5 heteroatoms. The second kappa shape index (κ2) is 7.31. The number of ether oxygens (including phenoxy) is 3. The maximum Gasteiger partial charge on any atom is 0.323 e. The van der Waals surface area contributed by atoms with Crippen molar-refractivity contribution < 1.29 is 19.0 Å². The molecule has 1 atom stereocenters. The van der Waals surface area contributed by atoms with Crippen molar-refractivity contribution in [1.29, 1.82) is 0 Å². The van der Waals surface area contributed by atoms with Gasteiger partial charge in [-0.3, -0.25) is 9.69 Å². The first-order valence-corrected chi connectivity index (χ1v) is 7.31. The lowest BCUT2D eigenvalue weighted by Crippen LogP contribution is -2.36. The minimum Gasteiger partial charge on any atom is -0.497 e. The van der Waals surface area contributed by atoms with E-state index in [1.807, 2.05) is 25.1 Å². The summed E-state index contributed by atoms with van der Waals surface area (Å²) < 4.78 is 15.8. The number of hydrogen-bond acceptors (Lipinski definition) is 5. The predicted molar refractivity (Wildman–Crippen MR) is 79.6 cm³/mol. The van der Waals surface area contributed by atoms with E-state index in [2.05, 4.69) is 4.90 Å². The summed E-state index contributed by atoms with van der Waals surface area (Å²) in [5.74, 6) is 1.47. The van der Waals surface area contributed by atoms with E-state index >= 15 is 0 Å². The monoisotopic (exact) mass is 293 g/mol. The molecule has 1 aliphatic rings. The van der Waals surface area contributed by atoms with Gasteiger partial charge in [-0.25, -0.2) is 0 Å².